The molecule has 3 nitrogen and oxygen atoms in total. The highest BCUT2D eigenvalue weighted by atomic mass is 79.9. The molecule has 1 aromatic heterocycles. The fraction of sp³-hybridized carbons (Fsp3) is 0.400. The summed E-state index contributed by atoms with van der Waals surface area (Å²) in [6.07, 6.45) is 2.93. The van der Waals surface area contributed by atoms with Gasteiger partial charge in [-0.1, -0.05) is 12.1 Å². The highest BCUT2D eigenvalue weighted by molar-refractivity contribution is 9.10. The first-order valence-electron chi connectivity index (χ1n) is 6.77. The molecular formula is C15H15BrN2O. The second-order valence-electron chi connectivity index (χ2n) is 5.37. The number of nitrogens with zero attached hydrogens (tertiary/aromatic N) is 2. The summed E-state index contributed by atoms with van der Waals surface area (Å²) in [7, 11) is 0. The van der Waals surface area contributed by atoms with Gasteiger partial charge in [0.1, 0.15) is 0 Å². The minimum absolute atomic E-state index is 0.384. The standard InChI is InChI=1S/C15H15BrN2O/c16-12-5-1-3-10-11-4-2-6-13-15(11)18(14(10)12)8-9(19)7-17-13/h1,3,5,9,19H,2,4,6-8H2. The molecule has 0 amide bonds. The number of hydrogen-bond acceptors (Lipinski definition) is 2. The smallest absolute Gasteiger partial charge is 0.0914 e. The molecule has 0 saturated heterocycles. The first kappa shape index (κ1) is 11.7. The average molecular weight is 319 g/mol. The van der Waals surface area contributed by atoms with E-state index in [2.05, 4.69) is 43.7 Å². The Labute approximate surface area is 120 Å². The summed E-state index contributed by atoms with van der Waals surface area (Å²) in [5.74, 6) is 0. The monoisotopic (exact) mass is 318 g/mol. The lowest BCUT2D eigenvalue weighted by Gasteiger charge is -2.16. The molecule has 0 fully saturated rings. The van der Waals surface area contributed by atoms with Gasteiger partial charge in [0.05, 0.1) is 36.1 Å². The number of para-hydroxylation sites is 1. The normalized spacial score (nSPS) is 22.0. The number of halogens is 1. The van der Waals surface area contributed by atoms with E-state index in [4.69, 9.17) is 0 Å². The zero-order valence-corrected chi connectivity index (χ0v) is 12.2. The van der Waals surface area contributed by atoms with Gasteiger partial charge in [-0.3, -0.25) is 4.99 Å². The molecule has 1 atom stereocenters. The van der Waals surface area contributed by atoms with Crippen molar-refractivity contribution in [1.82, 2.24) is 4.57 Å². The molecule has 0 radical (unpaired) electrons. The van der Waals surface area contributed by atoms with Crippen molar-refractivity contribution in [2.24, 2.45) is 4.99 Å². The summed E-state index contributed by atoms with van der Waals surface area (Å²) >= 11 is 3.66. The molecule has 2 aliphatic rings. The summed E-state index contributed by atoms with van der Waals surface area (Å²) in [6.45, 7) is 1.17. The third kappa shape index (κ3) is 1.63. The summed E-state index contributed by atoms with van der Waals surface area (Å²) < 4.78 is 3.37. The van der Waals surface area contributed by atoms with Crippen LogP contribution in [0.1, 0.15) is 24.1 Å². The number of aryl methyl sites for hydroxylation is 1. The van der Waals surface area contributed by atoms with Crippen molar-refractivity contribution >= 4 is 32.5 Å². The van der Waals surface area contributed by atoms with Crippen LogP contribution in [0.5, 0.6) is 0 Å². The first-order chi connectivity index (χ1) is 9.25. The Morgan fingerprint density at radius 2 is 2.21 bits per heavy atom. The molecule has 0 spiro atoms. The van der Waals surface area contributed by atoms with Gasteiger partial charge in [-0.05, 0) is 46.8 Å². The van der Waals surface area contributed by atoms with Crippen molar-refractivity contribution in [3.05, 3.63) is 33.9 Å². The Morgan fingerprint density at radius 3 is 3.11 bits per heavy atom. The number of rotatable bonds is 0. The summed E-state index contributed by atoms with van der Waals surface area (Å²) in [6, 6.07) is 6.35. The number of hydrogen-bond donors (Lipinski definition) is 1. The maximum atomic E-state index is 10.1. The largest absolute Gasteiger partial charge is 0.389 e. The Bertz CT molecular complexity index is 702. The first-order valence-corrected chi connectivity index (χ1v) is 7.56. The van der Waals surface area contributed by atoms with E-state index in [1.54, 1.807) is 0 Å². The summed E-state index contributed by atoms with van der Waals surface area (Å²) in [4.78, 5) is 4.63. The van der Waals surface area contributed by atoms with Gasteiger partial charge >= 0.3 is 0 Å². The lowest BCUT2D eigenvalue weighted by atomic mass is 9.94. The lowest BCUT2D eigenvalue weighted by molar-refractivity contribution is 0.166. The fourth-order valence-electron chi connectivity index (χ4n) is 3.39. The van der Waals surface area contributed by atoms with Crippen LogP contribution >= 0.6 is 15.9 Å². The van der Waals surface area contributed by atoms with Gasteiger partial charge in [-0.15, -0.1) is 0 Å². The Kier molecular flexibility index (Phi) is 2.57. The number of aliphatic hydroxyl groups excluding tert-OH is 1. The van der Waals surface area contributed by atoms with Crippen LogP contribution < -0.4 is 0 Å². The Morgan fingerprint density at radius 1 is 1.32 bits per heavy atom. The quantitative estimate of drug-likeness (QED) is 0.796. The van der Waals surface area contributed by atoms with Crippen LogP contribution in [0.15, 0.2) is 27.7 Å². The molecule has 1 aliphatic carbocycles. The number of benzene rings is 1. The van der Waals surface area contributed by atoms with Crippen molar-refractivity contribution in [2.45, 2.75) is 31.9 Å². The average Bonchev–Trinajstić information content (AvgIpc) is 2.62. The van der Waals surface area contributed by atoms with Crippen LogP contribution in [0.3, 0.4) is 0 Å². The minimum Gasteiger partial charge on any atom is -0.389 e. The number of fused-ring (bicyclic) bond motifs is 3. The van der Waals surface area contributed by atoms with Gasteiger partial charge in [-0.2, -0.15) is 0 Å². The van der Waals surface area contributed by atoms with Gasteiger partial charge in [0, 0.05) is 9.86 Å². The molecule has 19 heavy (non-hydrogen) atoms. The third-order valence-corrected chi connectivity index (χ3v) is 4.78. The van der Waals surface area contributed by atoms with E-state index in [0.29, 0.717) is 13.1 Å². The van der Waals surface area contributed by atoms with Crippen molar-refractivity contribution in [2.75, 3.05) is 6.54 Å². The predicted octanol–water partition coefficient (Wildman–Crippen LogP) is 2.90. The summed E-state index contributed by atoms with van der Waals surface area (Å²) in [5, 5.41) is 11.4. The molecule has 0 bridgehead atoms. The lowest BCUT2D eigenvalue weighted by Crippen LogP contribution is -2.19. The highest BCUT2D eigenvalue weighted by Gasteiger charge is 2.28. The molecular weight excluding hydrogens is 304 g/mol. The maximum Gasteiger partial charge on any atom is 0.0914 e. The van der Waals surface area contributed by atoms with Crippen molar-refractivity contribution in [3.8, 4) is 0 Å². The molecule has 1 unspecified atom stereocenters. The van der Waals surface area contributed by atoms with Gasteiger partial charge in [0.2, 0.25) is 0 Å². The second-order valence-corrected chi connectivity index (χ2v) is 6.22. The minimum atomic E-state index is -0.384. The van der Waals surface area contributed by atoms with Crippen LogP contribution in [-0.2, 0) is 13.0 Å². The molecule has 0 saturated carbocycles. The molecule has 4 heteroatoms. The highest BCUT2D eigenvalue weighted by Crippen LogP contribution is 2.37. The molecule has 1 aliphatic heterocycles. The van der Waals surface area contributed by atoms with Gasteiger partial charge in [0.25, 0.3) is 0 Å². The zero-order chi connectivity index (χ0) is 13.0. The van der Waals surface area contributed by atoms with Crippen molar-refractivity contribution in [1.29, 1.82) is 0 Å². The molecule has 2 aromatic rings. The van der Waals surface area contributed by atoms with Crippen LogP contribution in [-0.4, -0.2) is 28.0 Å². The number of aromatic nitrogens is 1. The van der Waals surface area contributed by atoms with E-state index in [9.17, 15) is 5.11 Å². The topological polar surface area (TPSA) is 37.5 Å². The van der Waals surface area contributed by atoms with E-state index in [0.717, 1.165) is 23.7 Å². The third-order valence-electron chi connectivity index (χ3n) is 4.14. The van der Waals surface area contributed by atoms with Crippen LogP contribution in [0.25, 0.3) is 10.9 Å². The predicted molar refractivity (Wildman–Crippen MR) is 80.0 cm³/mol. The molecule has 1 N–H and O–H groups in total. The van der Waals surface area contributed by atoms with Crippen molar-refractivity contribution < 1.29 is 5.11 Å². The van der Waals surface area contributed by atoms with Gasteiger partial charge in [-0.25, -0.2) is 0 Å². The van der Waals surface area contributed by atoms with E-state index < -0.39 is 0 Å². The number of aliphatic imine (C=N–C) groups is 1. The Hall–Kier alpha value is -1.13. The SMILES string of the molecule is OC1CN=C2CCCc3c2n(c2c(Br)cccc32)C1. The maximum absolute atomic E-state index is 10.1. The zero-order valence-electron chi connectivity index (χ0n) is 10.6. The van der Waals surface area contributed by atoms with Gasteiger partial charge < -0.3 is 9.67 Å². The number of aliphatic hydroxyl groups is 1. The van der Waals surface area contributed by atoms with Crippen LogP contribution in [0.4, 0.5) is 0 Å². The van der Waals surface area contributed by atoms with Crippen molar-refractivity contribution in [3.63, 3.8) is 0 Å². The second kappa shape index (κ2) is 4.18. The van der Waals surface area contributed by atoms with E-state index in [1.165, 1.54) is 27.9 Å². The van der Waals surface area contributed by atoms with E-state index in [1.807, 2.05) is 0 Å². The molecule has 1 aromatic carbocycles. The van der Waals surface area contributed by atoms with Crippen LogP contribution in [0.2, 0.25) is 0 Å². The van der Waals surface area contributed by atoms with E-state index >= 15 is 0 Å². The summed E-state index contributed by atoms with van der Waals surface area (Å²) in [5.41, 5.74) is 5.07. The Balaban J connectivity index is 2.14. The van der Waals surface area contributed by atoms with Crippen LogP contribution in [0, 0.1) is 0 Å². The molecule has 4 rings (SSSR count). The van der Waals surface area contributed by atoms with Gasteiger partial charge in [0.15, 0.2) is 0 Å². The molecule has 98 valence electrons. The van der Waals surface area contributed by atoms with E-state index in [-0.39, 0.29) is 6.10 Å². The molecule has 2 heterocycles. The fourth-order valence-corrected chi connectivity index (χ4v) is 3.97.